The van der Waals surface area contributed by atoms with Crippen LogP contribution in [-0.4, -0.2) is 15.0 Å². The first-order chi connectivity index (χ1) is 12.4. The predicted molar refractivity (Wildman–Crippen MR) is 107 cm³/mol. The first-order valence-corrected chi connectivity index (χ1v) is 8.78. The summed E-state index contributed by atoms with van der Waals surface area (Å²) >= 11 is 0. The van der Waals surface area contributed by atoms with Crippen molar-refractivity contribution in [2.45, 2.75) is 39.7 Å². The molecule has 0 aliphatic rings. The van der Waals surface area contributed by atoms with E-state index in [2.05, 4.69) is 64.6 Å². The molecule has 3 rings (SSSR count). The van der Waals surface area contributed by atoms with Crippen LogP contribution in [0.25, 0.3) is 0 Å². The van der Waals surface area contributed by atoms with Gasteiger partial charge in [0.1, 0.15) is 17.5 Å². The van der Waals surface area contributed by atoms with E-state index >= 15 is 0 Å². The van der Waals surface area contributed by atoms with E-state index < -0.39 is 0 Å². The van der Waals surface area contributed by atoms with E-state index in [0.29, 0.717) is 12.4 Å². The maximum Gasteiger partial charge on any atom is 0.136 e. The Morgan fingerprint density at radius 1 is 0.923 bits per heavy atom. The van der Waals surface area contributed by atoms with Crippen LogP contribution in [0.5, 0.6) is 0 Å². The molecule has 1 aromatic carbocycles. The second-order valence-electron chi connectivity index (χ2n) is 7.28. The van der Waals surface area contributed by atoms with Crippen molar-refractivity contribution in [3.8, 4) is 0 Å². The van der Waals surface area contributed by atoms with E-state index in [4.69, 9.17) is 0 Å². The van der Waals surface area contributed by atoms with Crippen LogP contribution >= 0.6 is 0 Å². The molecule has 5 heteroatoms. The van der Waals surface area contributed by atoms with Crippen molar-refractivity contribution in [1.29, 1.82) is 0 Å². The van der Waals surface area contributed by atoms with E-state index in [0.717, 1.165) is 23.0 Å². The normalized spacial score (nSPS) is 11.2. The third-order valence-corrected chi connectivity index (χ3v) is 4.01. The molecule has 0 aliphatic carbocycles. The molecule has 2 aromatic heterocycles. The molecule has 0 saturated carbocycles. The summed E-state index contributed by atoms with van der Waals surface area (Å²) in [4.78, 5) is 13.3. The standard InChI is InChI=1S/C21H25N5/c1-15-24-19(23-14-16-9-7-8-12-22-16)13-20(25-15)26-18-11-6-5-10-17(18)21(2,3)4/h5-13H,14H2,1-4H3,(H2,23,24,25,26). The highest BCUT2D eigenvalue weighted by Gasteiger charge is 2.17. The monoisotopic (exact) mass is 347 g/mol. The van der Waals surface area contributed by atoms with Gasteiger partial charge in [0.25, 0.3) is 0 Å². The minimum atomic E-state index is 0.0473. The molecule has 2 N–H and O–H groups in total. The van der Waals surface area contributed by atoms with Crippen LogP contribution in [-0.2, 0) is 12.0 Å². The van der Waals surface area contributed by atoms with Crippen LogP contribution in [0.1, 0.15) is 37.9 Å². The van der Waals surface area contributed by atoms with Crippen LogP contribution in [0.3, 0.4) is 0 Å². The Bertz CT molecular complexity index is 869. The number of aromatic nitrogens is 3. The summed E-state index contributed by atoms with van der Waals surface area (Å²) in [7, 11) is 0. The summed E-state index contributed by atoms with van der Waals surface area (Å²) in [5.74, 6) is 2.27. The van der Waals surface area contributed by atoms with Crippen molar-refractivity contribution in [1.82, 2.24) is 15.0 Å². The Hall–Kier alpha value is -2.95. The van der Waals surface area contributed by atoms with E-state index in [1.807, 2.05) is 37.3 Å². The summed E-state index contributed by atoms with van der Waals surface area (Å²) in [6.07, 6.45) is 1.79. The Labute approximate surface area is 154 Å². The molecule has 0 fully saturated rings. The van der Waals surface area contributed by atoms with Gasteiger partial charge in [0, 0.05) is 18.0 Å². The summed E-state index contributed by atoms with van der Waals surface area (Å²) in [5.41, 5.74) is 3.33. The maximum absolute atomic E-state index is 4.53. The lowest BCUT2D eigenvalue weighted by atomic mass is 9.86. The third kappa shape index (κ3) is 4.57. The molecule has 134 valence electrons. The summed E-state index contributed by atoms with van der Waals surface area (Å²) < 4.78 is 0. The van der Waals surface area contributed by atoms with Crippen LogP contribution in [0.2, 0.25) is 0 Å². The molecule has 0 unspecified atom stereocenters. The molecular formula is C21H25N5. The number of hydrogen-bond acceptors (Lipinski definition) is 5. The number of anilines is 3. The first kappa shape index (κ1) is 17.9. The van der Waals surface area contributed by atoms with Gasteiger partial charge in [0.15, 0.2) is 0 Å². The van der Waals surface area contributed by atoms with Crippen LogP contribution in [0.4, 0.5) is 17.3 Å². The molecule has 5 nitrogen and oxygen atoms in total. The van der Waals surface area contributed by atoms with Gasteiger partial charge < -0.3 is 10.6 Å². The Balaban J connectivity index is 1.80. The zero-order chi connectivity index (χ0) is 18.6. The SMILES string of the molecule is Cc1nc(NCc2ccccn2)cc(Nc2ccccc2C(C)(C)C)n1. The van der Waals surface area contributed by atoms with Gasteiger partial charge in [-0.15, -0.1) is 0 Å². The average Bonchev–Trinajstić information content (AvgIpc) is 2.60. The molecule has 0 saturated heterocycles. The molecule has 0 amide bonds. The Morgan fingerprint density at radius 3 is 2.38 bits per heavy atom. The zero-order valence-electron chi connectivity index (χ0n) is 15.7. The van der Waals surface area contributed by atoms with Gasteiger partial charge in [-0.1, -0.05) is 45.0 Å². The lowest BCUT2D eigenvalue weighted by Crippen LogP contribution is -2.14. The van der Waals surface area contributed by atoms with Gasteiger partial charge in [0.05, 0.1) is 12.2 Å². The predicted octanol–water partition coefficient (Wildman–Crippen LogP) is 4.83. The van der Waals surface area contributed by atoms with Gasteiger partial charge in [-0.3, -0.25) is 4.98 Å². The van der Waals surface area contributed by atoms with Crippen LogP contribution in [0.15, 0.2) is 54.7 Å². The number of pyridine rings is 1. The number of nitrogens with one attached hydrogen (secondary N) is 2. The number of hydrogen-bond donors (Lipinski definition) is 2. The van der Waals surface area contributed by atoms with Gasteiger partial charge in [-0.05, 0) is 36.1 Å². The number of aryl methyl sites for hydroxylation is 1. The lowest BCUT2D eigenvalue weighted by Gasteiger charge is -2.23. The van der Waals surface area contributed by atoms with Crippen molar-refractivity contribution >= 4 is 17.3 Å². The Kier molecular flexibility index (Phi) is 5.16. The molecule has 0 radical (unpaired) electrons. The topological polar surface area (TPSA) is 62.7 Å². The van der Waals surface area contributed by atoms with Crippen molar-refractivity contribution < 1.29 is 0 Å². The number of para-hydroxylation sites is 1. The highest BCUT2D eigenvalue weighted by atomic mass is 15.1. The summed E-state index contributed by atoms with van der Waals surface area (Å²) in [6.45, 7) is 9.14. The third-order valence-electron chi connectivity index (χ3n) is 4.01. The highest BCUT2D eigenvalue weighted by molar-refractivity contribution is 5.64. The molecule has 0 bridgehead atoms. The Morgan fingerprint density at radius 2 is 1.65 bits per heavy atom. The van der Waals surface area contributed by atoms with Gasteiger partial charge in [0.2, 0.25) is 0 Å². The van der Waals surface area contributed by atoms with Crippen LogP contribution in [0, 0.1) is 6.92 Å². The first-order valence-electron chi connectivity index (χ1n) is 8.78. The van der Waals surface area contributed by atoms with Gasteiger partial charge in [-0.25, -0.2) is 9.97 Å². The maximum atomic E-state index is 4.53. The zero-order valence-corrected chi connectivity index (χ0v) is 15.7. The van der Waals surface area contributed by atoms with Gasteiger partial charge >= 0.3 is 0 Å². The molecule has 2 heterocycles. The van der Waals surface area contributed by atoms with E-state index in [-0.39, 0.29) is 5.41 Å². The largest absolute Gasteiger partial charge is 0.364 e. The number of nitrogens with zero attached hydrogens (tertiary/aromatic N) is 3. The molecular weight excluding hydrogens is 322 g/mol. The minimum Gasteiger partial charge on any atom is -0.364 e. The van der Waals surface area contributed by atoms with Gasteiger partial charge in [-0.2, -0.15) is 0 Å². The summed E-state index contributed by atoms with van der Waals surface area (Å²) in [5, 5.41) is 6.77. The van der Waals surface area contributed by atoms with Crippen molar-refractivity contribution in [3.05, 3.63) is 71.8 Å². The van der Waals surface area contributed by atoms with Crippen LogP contribution < -0.4 is 10.6 Å². The fourth-order valence-electron chi connectivity index (χ4n) is 2.79. The second-order valence-corrected chi connectivity index (χ2v) is 7.28. The fraction of sp³-hybridized carbons (Fsp3) is 0.286. The number of benzene rings is 1. The highest BCUT2D eigenvalue weighted by Crippen LogP contribution is 2.31. The molecule has 3 aromatic rings. The molecule has 0 aliphatic heterocycles. The number of rotatable bonds is 5. The quantitative estimate of drug-likeness (QED) is 0.692. The molecule has 0 atom stereocenters. The van der Waals surface area contributed by atoms with E-state index in [9.17, 15) is 0 Å². The van der Waals surface area contributed by atoms with Crippen molar-refractivity contribution in [2.75, 3.05) is 10.6 Å². The van der Waals surface area contributed by atoms with E-state index in [1.54, 1.807) is 6.20 Å². The minimum absolute atomic E-state index is 0.0473. The van der Waals surface area contributed by atoms with Crippen molar-refractivity contribution in [2.24, 2.45) is 0 Å². The van der Waals surface area contributed by atoms with E-state index in [1.165, 1.54) is 5.56 Å². The lowest BCUT2D eigenvalue weighted by molar-refractivity contribution is 0.592. The molecule has 26 heavy (non-hydrogen) atoms. The van der Waals surface area contributed by atoms with Crippen molar-refractivity contribution in [3.63, 3.8) is 0 Å². The smallest absolute Gasteiger partial charge is 0.136 e. The fourth-order valence-corrected chi connectivity index (χ4v) is 2.79. The second kappa shape index (κ2) is 7.52. The summed E-state index contributed by atoms with van der Waals surface area (Å²) in [6, 6.07) is 16.1. The molecule has 0 spiro atoms. The average molecular weight is 347 g/mol.